The summed E-state index contributed by atoms with van der Waals surface area (Å²) >= 11 is 0. The second kappa shape index (κ2) is 3.34. The van der Waals surface area contributed by atoms with E-state index in [0.717, 1.165) is 0 Å². The Morgan fingerprint density at radius 2 is 2.25 bits per heavy atom. The molecule has 2 N–H and O–H groups in total. The highest BCUT2D eigenvalue weighted by Gasteiger charge is 2.10. The molecule has 0 aliphatic carbocycles. The van der Waals surface area contributed by atoms with Gasteiger partial charge in [-0.3, -0.25) is 9.89 Å². The zero-order valence-corrected chi connectivity index (χ0v) is 7.38. The number of aromatic amines is 1. The third kappa shape index (κ3) is 2.05. The molecule has 5 heteroatoms. The number of carbonyl (C=O) groups is 1. The summed E-state index contributed by atoms with van der Waals surface area (Å²) in [4.78, 5) is 15.1. The van der Waals surface area contributed by atoms with E-state index in [4.69, 9.17) is 0 Å². The SMILES string of the molecule is Cc1nc(C(=O)NC(C)C)n[nH]1. The van der Waals surface area contributed by atoms with Crippen molar-refractivity contribution in [3.63, 3.8) is 0 Å². The highest BCUT2D eigenvalue weighted by Crippen LogP contribution is 1.91. The Balaban J connectivity index is 2.65. The smallest absolute Gasteiger partial charge is 0.291 e. The normalized spacial score (nSPS) is 10.3. The number of carbonyl (C=O) groups excluding carboxylic acids is 1. The minimum Gasteiger partial charge on any atom is -0.347 e. The van der Waals surface area contributed by atoms with Gasteiger partial charge in [0.1, 0.15) is 5.82 Å². The third-order valence-corrected chi connectivity index (χ3v) is 1.22. The van der Waals surface area contributed by atoms with Gasteiger partial charge in [0.2, 0.25) is 5.82 Å². The Morgan fingerprint density at radius 3 is 2.67 bits per heavy atom. The first-order valence-electron chi connectivity index (χ1n) is 3.79. The summed E-state index contributed by atoms with van der Waals surface area (Å²) in [7, 11) is 0. The number of hydrogen-bond acceptors (Lipinski definition) is 3. The van der Waals surface area contributed by atoms with E-state index in [0.29, 0.717) is 5.82 Å². The minimum atomic E-state index is -0.241. The van der Waals surface area contributed by atoms with Crippen LogP contribution in [0.3, 0.4) is 0 Å². The van der Waals surface area contributed by atoms with Crippen molar-refractivity contribution in [1.82, 2.24) is 20.5 Å². The molecule has 1 aromatic rings. The summed E-state index contributed by atoms with van der Waals surface area (Å²) in [5.74, 6) is 0.597. The van der Waals surface area contributed by atoms with Crippen LogP contribution in [0.1, 0.15) is 30.3 Å². The average Bonchev–Trinajstić information content (AvgIpc) is 2.34. The van der Waals surface area contributed by atoms with Crippen molar-refractivity contribution in [2.24, 2.45) is 0 Å². The van der Waals surface area contributed by atoms with E-state index in [-0.39, 0.29) is 17.8 Å². The lowest BCUT2D eigenvalue weighted by atomic mass is 10.4. The lowest BCUT2D eigenvalue weighted by molar-refractivity contribution is 0.0933. The fourth-order valence-corrected chi connectivity index (χ4v) is 0.771. The Bertz CT molecular complexity index is 279. The van der Waals surface area contributed by atoms with Crippen molar-refractivity contribution in [2.45, 2.75) is 26.8 Å². The maximum atomic E-state index is 11.2. The molecule has 0 bridgehead atoms. The molecule has 1 rings (SSSR count). The highest BCUT2D eigenvalue weighted by atomic mass is 16.2. The predicted octanol–water partition coefficient (Wildman–Crippen LogP) is 0.251. The maximum absolute atomic E-state index is 11.2. The molecular weight excluding hydrogens is 156 g/mol. The summed E-state index contributed by atoms with van der Waals surface area (Å²) in [5, 5.41) is 9.01. The highest BCUT2D eigenvalue weighted by molar-refractivity contribution is 5.90. The maximum Gasteiger partial charge on any atom is 0.291 e. The van der Waals surface area contributed by atoms with Gasteiger partial charge in [-0.1, -0.05) is 0 Å². The third-order valence-electron chi connectivity index (χ3n) is 1.22. The van der Waals surface area contributed by atoms with Gasteiger partial charge in [-0.15, -0.1) is 5.10 Å². The van der Waals surface area contributed by atoms with Crippen molar-refractivity contribution in [2.75, 3.05) is 0 Å². The van der Waals surface area contributed by atoms with Crippen molar-refractivity contribution < 1.29 is 4.79 Å². The van der Waals surface area contributed by atoms with E-state index in [1.807, 2.05) is 13.8 Å². The summed E-state index contributed by atoms with van der Waals surface area (Å²) in [6, 6.07) is 0.108. The first-order chi connectivity index (χ1) is 5.59. The van der Waals surface area contributed by atoms with Crippen molar-refractivity contribution >= 4 is 5.91 Å². The topological polar surface area (TPSA) is 70.7 Å². The van der Waals surface area contributed by atoms with E-state index in [1.54, 1.807) is 6.92 Å². The molecule has 0 aliphatic rings. The molecule has 0 atom stereocenters. The van der Waals surface area contributed by atoms with Gasteiger partial charge in [-0.25, -0.2) is 4.98 Å². The minimum absolute atomic E-state index is 0.108. The second-order valence-corrected chi connectivity index (χ2v) is 2.87. The largest absolute Gasteiger partial charge is 0.347 e. The Kier molecular flexibility index (Phi) is 2.42. The van der Waals surface area contributed by atoms with Gasteiger partial charge >= 0.3 is 0 Å². The number of nitrogens with zero attached hydrogens (tertiary/aromatic N) is 2. The van der Waals surface area contributed by atoms with E-state index in [2.05, 4.69) is 20.5 Å². The molecule has 0 aromatic carbocycles. The molecule has 0 saturated heterocycles. The Labute approximate surface area is 70.6 Å². The molecule has 0 unspecified atom stereocenters. The van der Waals surface area contributed by atoms with Gasteiger partial charge in [0, 0.05) is 6.04 Å². The molecule has 5 nitrogen and oxygen atoms in total. The number of hydrogen-bond donors (Lipinski definition) is 2. The van der Waals surface area contributed by atoms with Gasteiger partial charge in [-0.2, -0.15) is 0 Å². The van der Waals surface area contributed by atoms with Crippen molar-refractivity contribution in [3.8, 4) is 0 Å². The summed E-state index contributed by atoms with van der Waals surface area (Å²) in [6.07, 6.45) is 0. The van der Waals surface area contributed by atoms with Crippen molar-refractivity contribution in [1.29, 1.82) is 0 Å². The molecule has 0 spiro atoms. The molecule has 0 saturated carbocycles. The summed E-state index contributed by atoms with van der Waals surface area (Å²) in [5.41, 5.74) is 0. The number of rotatable bonds is 2. The van der Waals surface area contributed by atoms with E-state index in [9.17, 15) is 4.79 Å². The van der Waals surface area contributed by atoms with Crippen LogP contribution < -0.4 is 5.32 Å². The van der Waals surface area contributed by atoms with E-state index < -0.39 is 0 Å². The molecule has 0 fully saturated rings. The van der Waals surface area contributed by atoms with Crippen LogP contribution in [0.4, 0.5) is 0 Å². The molecule has 0 aliphatic heterocycles. The van der Waals surface area contributed by atoms with Crippen LogP contribution in [0, 0.1) is 6.92 Å². The lowest BCUT2D eigenvalue weighted by Crippen LogP contribution is -2.30. The van der Waals surface area contributed by atoms with Crippen molar-refractivity contribution in [3.05, 3.63) is 11.6 Å². The van der Waals surface area contributed by atoms with Crippen LogP contribution >= 0.6 is 0 Å². The molecule has 0 radical (unpaired) electrons. The van der Waals surface area contributed by atoms with Crippen LogP contribution in [-0.4, -0.2) is 27.1 Å². The first-order valence-corrected chi connectivity index (χ1v) is 3.79. The summed E-state index contributed by atoms with van der Waals surface area (Å²) < 4.78 is 0. The Hall–Kier alpha value is -1.39. The summed E-state index contributed by atoms with van der Waals surface area (Å²) in [6.45, 7) is 5.52. The lowest BCUT2D eigenvalue weighted by Gasteiger charge is -2.03. The van der Waals surface area contributed by atoms with Gasteiger partial charge in [-0.05, 0) is 20.8 Å². The second-order valence-electron chi connectivity index (χ2n) is 2.87. The molecule has 1 amide bonds. The number of aryl methyl sites for hydroxylation is 1. The number of H-pyrrole nitrogens is 1. The molecule has 12 heavy (non-hydrogen) atoms. The predicted molar refractivity (Wildman–Crippen MR) is 43.7 cm³/mol. The van der Waals surface area contributed by atoms with Crippen LogP contribution in [-0.2, 0) is 0 Å². The van der Waals surface area contributed by atoms with Crippen LogP contribution in [0.15, 0.2) is 0 Å². The van der Waals surface area contributed by atoms with Crippen LogP contribution in [0.2, 0.25) is 0 Å². The monoisotopic (exact) mass is 168 g/mol. The van der Waals surface area contributed by atoms with Gasteiger partial charge in [0.05, 0.1) is 0 Å². The average molecular weight is 168 g/mol. The Morgan fingerprint density at radius 1 is 1.58 bits per heavy atom. The fraction of sp³-hybridized carbons (Fsp3) is 0.571. The standard InChI is InChI=1S/C7H12N4O/c1-4(2)8-7(12)6-9-5(3)10-11-6/h4H,1-3H3,(H,8,12)(H,9,10,11). The molecular formula is C7H12N4O. The van der Waals surface area contributed by atoms with Crippen LogP contribution in [0.25, 0.3) is 0 Å². The van der Waals surface area contributed by atoms with E-state index >= 15 is 0 Å². The van der Waals surface area contributed by atoms with Gasteiger partial charge in [0.15, 0.2) is 0 Å². The van der Waals surface area contributed by atoms with Gasteiger partial charge < -0.3 is 5.32 Å². The van der Waals surface area contributed by atoms with Gasteiger partial charge in [0.25, 0.3) is 5.91 Å². The van der Waals surface area contributed by atoms with Crippen LogP contribution in [0.5, 0.6) is 0 Å². The zero-order chi connectivity index (χ0) is 9.14. The number of aromatic nitrogens is 3. The first kappa shape index (κ1) is 8.70. The number of nitrogens with one attached hydrogen (secondary N) is 2. The zero-order valence-electron chi connectivity index (χ0n) is 7.38. The molecule has 1 heterocycles. The quantitative estimate of drug-likeness (QED) is 0.665. The molecule has 66 valence electrons. The van der Waals surface area contributed by atoms with E-state index in [1.165, 1.54) is 0 Å². The fourth-order valence-electron chi connectivity index (χ4n) is 0.771. The number of amides is 1. The molecule has 1 aromatic heterocycles.